The topological polar surface area (TPSA) is 80.8 Å². The molecule has 1 amide bonds. The summed E-state index contributed by atoms with van der Waals surface area (Å²) in [7, 11) is -2.70. The van der Waals surface area contributed by atoms with Crippen molar-refractivity contribution in [1.29, 1.82) is 0 Å². The second-order valence-electron chi connectivity index (χ2n) is 8.97. The molecule has 0 aromatic heterocycles. The summed E-state index contributed by atoms with van der Waals surface area (Å²) in [5, 5.41) is 0. The van der Waals surface area contributed by atoms with E-state index in [1.807, 2.05) is 13.0 Å². The first-order valence-electron chi connectivity index (χ1n) is 12.2. The Kier molecular flexibility index (Phi) is 8.38. The van der Waals surface area contributed by atoms with Crippen LogP contribution in [-0.2, 0) is 21.4 Å². The molecule has 7 heteroatoms. The van der Waals surface area contributed by atoms with Gasteiger partial charge >= 0.3 is 0 Å². The van der Waals surface area contributed by atoms with Gasteiger partial charge in [0.1, 0.15) is 5.75 Å². The molecule has 1 unspecified atom stereocenters. The van der Waals surface area contributed by atoms with E-state index >= 15 is 0 Å². The van der Waals surface area contributed by atoms with Crippen LogP contribution in [0.2, 0.25) is 0 Å². The minimum atomic E-state index is -4.23. The Morgan fingerprint density at radius 1 is 0.789 bits per heavy atom. The van der Waals surface area contributed by atoms with E-state index in [4.69, 9.17) is 4.74 Å². The number of hydrogen-bond acceptors (Lipinski definition) is 5. The zero-order chi connectivity index (χ0) is 27.1. The molecule has 6 nitrogen and oxygen atoms in total. The van der Waals surface area contributed by atoms with Crippen molar-refractivity contribution >= 4 is 21.7 Å². The fourth-order valence-electron chi connectivity index (χ4n) is 4.15. The Bertz CT molecular complexity index is 1480. The summed E-state index contributed by atoms with van der Waals surface area (Å²) in [5.41, 5.74) is 2.53. The van der Waals surface area contributed by atoms with E-state index in [2.05, 4.69) is 0 Å². The summed E-state index contributed by atoms with van der Waals surface area (Å²) in [6.07, 6.45) is -0.191. The summed E-state index contributed by atoms with van der Waals surface area (Å²) in [4.78, 5) is 27.5. The number of carbonyl (C=O) groups excluding carboxylic acids is 2. The number of nitrogens with zero attached hydrogens (tertiary/aromatic N) is 1. The molecule has 0 aliphatic rings. The van der Waals surface area contributed by atoms with E-state index in [0.29, 0.717) is 22.4 Å². The normalized spacial score (nSPS) is 11.9. The average molecular weight is 528 g/mol. The quantitative estimate of drug-likeness (QED) is 0.244. The van der Waals surface area contributed by atoms with Gasteiger partial charge in [0.25, 0.3) is 10.0 Å². The van der Waals surface area contributed by atoms with E-state index in [9.17, 15) is 18.0 Å². The standard InChI is InChI=1S/C31H29NO5S/c1-23-13-19-28(20-14-23)38(35,36)32(22-24-9-5-3-6-10-24)31(34)29(25-15-17-27(37-2)18-16-25)21-30(33)26-11-7-4-8-12-26/h3-20,29H,21-22H2,1-2H3. The van der Waals surface area contributed by atoms with Gasteiger partial charge in [0.05, 0.1) is 24.5 Å². The lowest BCUT2D eigenvalue weighted by atomic mass is 9.90. The molecule has 0 aliphatic carbocycles. The summed E-state index contributed by atoms with van der Waals surface area (Å²) < 4.78 is 33.9. The van der Waals surface area contributed by atoms with Crippen LogP contribution in [0, 0.1) is 6.92 Å². The molecule has 0 saturated heterocycles. The van der Waals surface area contributed by atoms with E-state index in [1.165, 1.54) is 19.2 Å². The monoisotopic (exact) mass is 527 g/mol. The molecular formula is C31H29NO5S. The van der Waals surface area contributed by atoms with Crippen LogP contribution < -0.4 is 4.74 Å². The van der Waals surface area contributed by atoms with Crippen LogP contribution in [-0.4, -0.2) is 31.5 Å². The van der Waals surface area contributed by atoms with Crippen LogP contribution in [0.5, 0.6) is 5.75 Å². The first-order valence-corrected chi connectivity index (χ1v) is 13.6. The highest BCUT2D eigenvalue weighted by Crippen LogP contribution is 2.30. The number of aryl methyl sites for hydroxylation is 1. The highest BCUT2D eigenvalue weighted by molar-refractivity contribution is 7.89. The summed E-state index contributed by atoms with van der Waals surface area (Å²) in [5.74, 6) is -1.38. The molecule has 0 radical (unpaired) electrons. The lowest BCUT2D eigenvalue weighted by Crippen LogP contribution is -2.40. The highest BCUT2D eigenvalue weighted by Gasteiger charge is 2.36. The minimum absolute atomic E-state index is 0.00949. The van der Waals surface area contributed by atoms with Gasteiger partial charge in [-0.15, -0.1) is 0 Å². The molecule has 4 aromatic rings. The largest absolute Gasteiger partial charge is 0.497 e. The molecule has 38 heavy (non-hydrogen) atoms. The summed E-state index contributed by atoms with van der Waals surface area (Å²) in [6, 6.07) is 30.7. The van der Waals surface area contributed by atoms with Crippen molar-refractivity contribution in [2.75, 3.05) is 7.11 Å². The molecular weight excluding hydrogens is 498 g/mol. The molecule has 0 aliphatic heterocycles. The number of ketones is 1. The molecule has 0 N–H and O–H groups in total. The molecule has 4 rings (SSSR count). The maximum Gasteiger partial charge on any atom is 0.266 e. The van der Waals surface area contributed by atoms with Crippen molar-refractivity contribution in [3.05, 3.63) is 131 Å². The Balaban J connectivity index is 1.79. The number of hydrogen-bond donors (Lipinski definition) is 0. The Labute approximate surface area is 223 Å². The average Bonchev–Trinajstić information content (AvgIpc) is 2.95. The zero-order valence-corrected chi connectivity index (χ0v) is 22.1. The van der Waals surface area contributed by atoms with Crippen molar-refractivity contribution in [3.63, 3.8) is 0 Å². The molecule has 0 fully saturated rings. The smallest absolute Gasteiger partial charge is 0.266 e. The van der Waals surface area contributed by atoms with E-state index in [0.717, 1.165) is 9.87 Å². The van der Waals surface area contributed by atoms with Gasteiger partial charge < -0.3 is 4.74 Å². The number of benzene rings is 4. The van der Waals surface area contributed by atoms with Gasteiger partial charge in [-0.05, 0) is 42.3 Å². The fourth-order valence-corrected chi connectivity index (χ4v) is 5.57. The van der Waals surface area contributed by atoms with Crippen molar-refractivity contribution in [1.82, 2.24) is 4.31 Å². The first-order chi connectivity index (χ1) is 18.3. The van der Waals surface area contributed by atoms with Gasteiger partial charge in [-0.25, -0.2) is 12.7 Å². The number of amides is 1. The minimum Gasteiger partial charge on any atom is -0.497 e. The van der Waals surface area contributed by atoms with E-state index in [-0.39, 0.29) is 23.6 Å². The molecule has 194 valence electrons. The molecule has 0 saturated carbocycles. The number of Topliss-reactive ketones (excluding diaryl/α,β-unsaturated/α-hetero) is 1. The van der Waals surface area contributed by atoms with Crippen molar-refractivity contribution in [3.8, 4) is 5.75 Å². The van der Waals surface area contributed by atoms with Gasteiger partial charge in [0.2, 0.25) is 5.91 Å². The summed E-state index contributed by atoms with van der Waals surface area (Å²) >= 11 is 0. The third-order valence-electron chi connectivity index (χ3n) is 6.33. The lowest BCUT2D eigenvalue weighted by Gasteiger charge is -2.27. The van der Waals surface area contributed by atoms with Crippen LogP contribution >= 0.6 is 0 Å². The van der Waals surface area contributed by atoms with Gasteiger partial charge in [-0.2, -0.15) is 0 Å². The van der Waals surface area contributed by atoms with Crippen molar-refractivity contribution in [2.45, 2.75) is 30.7 Å². The fraction of sp³-hybridized carbons (Fsp3) is 0.161. The maximum absolute atomic E-state index is 14.2. The molecule has 0 bridgehead atoms. The summed E-state index contributed by atoms with van der Waals surface area (Å²) in [6.45, 7) is 1.69. The molecule has 1 atom stereocenters. The van der Waals surface area contributed by atoms with Crippen LogP contribution in [0.1, 0.15) is 39.4 Å². The van der Waals surface area contributed by atoms with Gasteiger partial charge in [-0.1, -0.05) is 90.5 Å². The third kappa shape index (κ3) is 6.18. The molecule has 4 aromatic carbocycles. The van der Waals surface area contributed by atoms with Crippen LogP contribution in [0.4, 0.5) is 0 Å². The lowest BCUT2D eigenvalue weighted by molar-refractivity contribution is -0.128. The van der Waals surface area contributed by atoms with Gasteiger partial charge in [-0.3, -0.25) is 9.59 Å². The Hall–Kier alpha value is -4.23. The number of rotatable bonds is 10. The van der Waals surface area contributed by atoms with Crippen LogP contribution in [0.3, 0.4) is 0 Å². The van der Waals surface area contributed by atoms with E-state index in [1.54, 1.807) is 91.0 Å². The maximum atomic E-state index is 14.2. The SMILES string of the molecule is COc1ccc(C(CC(=O)c2ccccc2)C(=O)N(Cc2ccccc2)S(=O)(=O)c2ccc(C)cc2)cc1. The number of ether oxygens (including phenoxy) is 1. The predicted octanol–water partition coefficient (Wildman–Crippen LogP) is 5.78. The molecule has 0 heterocycles. The predicted molar refractivity (Wildman–Crippen MR) is 146 cm³/mol. The van der Waals surface area contributed by atoms with Crippen LogP contribution in [0.25, 0.3) is 0 Å². The second-order valence-corrected chi connectivity index (χ2v) is 10.8. The molecule has 0 spiro atoms. The number of methoxy groups -OCH3 is 1. The Morgan fingerprint density at radius 2 is 1.37 bits per heavy atom. The third-order valence-corrected chi connectivity index (χ3v) is 8.08. The van der Waals surface area contributed by atoms with Crippen LogP contribution in [0.15, 0.2) is 114 Å². The van der Waals surface area contributed by atoms with Crippen molar-refractivity contribution in [2.24, 2.45) is 0 Å². The number of sulfonamides is 1. The number of carbonyl (C=O) groups is 2. The Morgan fingerprint density at radius 3 is 1.95 bits per heavy atom. The second kappa shape index (κ2) is 11.9. The van der Waals surface area contributed by atoms with Gasteiger partial charge in [0, 0.05) is 12.0 Å². The highest BCUT2D eigenvalue weighted by atomic mass is 32.2. The van der Waals surface area contributed by atoms with E-state index < -0.39 is 21.8 Å². The van der Waals surface area contributed by atoms with Crippen molar-refractivity contribution < 1.29 is 22.7 Å². The zero-order valence-electron chi connectivity index (χ0n) is 21.3. The first kappa shape index (κ1) is 26.8. The van der Waals surface area contributed by atoms with Gasteiger partial charge in [0.15, 0.2) is 5.78 Å².